The molecule has 116 valence electrons. The molecule has 0 bridgehead atoms. The van der Waals surface area contributed by atoms with E-state index in [2.05, 4.69) is 10.2 Å². The van der Waals surface area contributed by atoms with Gasteiger partial charge in [0, 0.05) is 13.0 Å². The quantitative estimate of drug-likeness (QED) is 0.859. The molecular formula is C14H19F2N3O2. The second-order valence-corrected chi connectivity index (χ2v) is 6.21. The van der Waals surface area contributed by atoms with Crippen molar-refractivity contribution in [3.63, 3.8) is 0 Å². The number of aromatic nitrogens is 2. The zero-order chi connectivity index (χ0) is 15.8. The molecule has 0 atom stereocenters. The Morgan fingerprint density at radius 3 is 2.33 bits per heavy atom. The number of rotatable bonds is 3. The van der Waals surface area contributed by atoms with Gasteiger partial charge in [0.1, 0.15) is 11.3 Å². The Balaban J connectivity index is 2.09. The summed E-state index contributed by atoms with van der Waals surface area (Å²) in [7, 11) is 1.46. The summed E-state index contributed by atoms with van der Waals surface area (Å²) < 4.78 is 32.9. The average molecular weight is 299 g/mol. The molecule has 1 amide bonds. The molecule has 1 aromatic heterocycles. The Kier molecular flexibility index (Phi) is 3.86. The largest absolute Gasteiger partial charge is 0.443 e. The number of anilines is 1. The van der Waals surface area contributed by atoms with E-state index in [0.717, 1.165) is 4.90 Å². The first-order valence-electron chi connectivity index (χ1n) is 6.80. The molecule has 0 radical (unpaired) electrons. The van der Waals surface area contributed by atoms with Gasteiger partial charge in [-0.2, -0.15) is 8.78 Å². The van der Waals surface area contributed by atoms with E-state index in [-0.39, 0.29) is 11.5 Å². The Morgan fingerprint density at radius 1 is 1.29 bits per heavy atom. The fourth-order valence-corrected chi connectivity index (χ4v) is 1.76. The van der Waals surface area contributed by atoms with Gasteiger partial charge in [-0.1, -0.05) is 0 Å². The molecule has 1 saturated carbocycles. The highest BCUT2D eigenvalue weighted by molar-refractivity contribution is 5.85. The van der Waals surface area contributed by atoms with Gasteiger partial charge >= 0.3 is 6.09 Å². The van der Waals surface area contributed by atoms with Crippen LogP contribution in [0.1, 0.15) is 39.3 Å². The minimum Gasteiger partial charge on any atom is -0.443 e. The molecule has 0 unspecified atom stereocenters. The number of carbonyl (C=O) groups is 1. The van der Waals surface area contributed by atoms with Crippen molar-refractivity contribution in [2.75, 3.05) is 11.9 Å². The lowest BCUT2D eigenvalue weighted by Gasteiger charge is -2.24. The van der Waals surface area contributed by atoms with E-state index in [1.165, 1.54) is 19.2 Å². The average Bonchev–Trinajstić information content (AvgIpc) is 3.20. The normalized spacial score (nSPS) is 15.7. The lowest BCUT2D eigenvalue weighted by molar-refractivity contribution is -0.0336. The van der Waals surface area contributed by atoms with Crippen LogP contribution in [0.5, 0.6) is 0 Å². The van der Waals surface area contributed by atoms with Gasteiger partial charge < -0.3 is 4.74 Å². The molecule has 0 aromatic carbocycles. The van der Waals surface area contributed by atoms with Gasteiger partial charge in [-0.05, 0) is 45.7 Å². The monoisotopic (exact) mass is 299 g/mol. The van der Waals surface area contributed by atoms with Crippen LogP contribution in [-0.2, 0) is 10.7 Å². The minimum atomic E-state index is -2.95. The van der Waals surface area contributed by atoms with E-state index in [1.807, 2.05) is 0 Å². The van der Waals surface area contributed by atoms with Crippen molar-refractivity contribution in [1.29, 1.82) is 0 Å². The SMILES string of the molecule is CN(C(=O)OC(C)(C)C)c1ccc(C(F)(F)C2CC2)nn1. The predicted molar refractivity (Wildman–Crippen MR) is 73.3 cm³/mol. The van der Waals surface area contributed by atoms with Gasteiger partial charge in [0.05, 0.1) is 0 Å². The highest BCUT2D eigenvalue weighted by atomic mass is 19.3. The van der Waals surface area contributed by atoms with Gasteiger partial charge in [-0.15, -0.1) is 10.2 Å². The Hall–Kier alpha value is -1.79. The Labute approximate surface area is 122 Å². The number of nitrogens with zero attached hydrogens (tertiary/aromatic N) is 3. The molecule has 1 fully saturated rings. The Bertz CT molecular complexity index is 522. The maximum Gasteiger partial charge on any atom is 0.415 e. The molecule has 0 N–H and O–H groups in total. The first kappa shape index (κ1) is 15.6. The molecule has 2 rings (SSSR count). The molecule has 5 nitrogen and oxygen atoms in total. The lowest BCUT2D eigenvalue weighted by atomic mass is 10.1. The first-order chi connectivity index (χ1) is 9.61. The van der Waals surface area contributed by atoms with Crippen LogP contribution in [0.3, 0.4) is 0 Å². The zero-order valence-corrected chi connectivity index (χ0v) is 12.6. The molecule has 21 heavy (non-hydrogen) atoms. The maximum absolute atomic E-state index is 13.8. The summed E-state index contributed by atoms with van der Waals surface area (Å²) in [5, 5.41) is 7.26. The van der Waals surface area contributed by atoms with E-state index in [0.29, 0.717) is 12.8 Å². The van der Waals surface area contributed by atoms with E-state index in [4.69, 9.17) is 4.74 Å². The van der Waals surface area contributed by atoms with Crippen molar-refractivity contribution in [1.82, 2.24) is 10.2 Å². The molecule has 7 heteroatoms. The third kappa shape index (κ3) is 3.65. The maximum atomic E-state index is 13.8. The third-order valence-corrected chi connectivity index (χ3v) is 3.09. The zero-order valence-electron chi connectivity index (χ0n) is 12.6. The molecule has 0 aliphatic heterocycles. The van der Waals surface area contributed by atoms with Crippen LogP contribution in [0.25, 0.3) is 0 Å². The third-order valence-electron chi connectivity index (χ3n) is 3.09. The van der Waals surface area contributed by atoms with Crippen molar-refractivity contribution in [3.05, 3.63) is 17.8 Å². The van der Waals surface area contributed by atoms with Gasteiger partial charge in [-0.25, -0.2) is 4.79 Å². The van der Waals surface area contributed by atoms with Gasteiger partial charge in [0.15, 0.2) is 5.82 Å². The number of amides is 1. The van der Waals surface area contributed by atoms with Crippen molar-refractivity contribution < 1.29 is 18.3 Å². The molecule has 1 heterocycles. The number of halogens is 2. The van der Waals surface area contributed by atoms with Crippen LogP contribution in [0.4, 0.5) is 19.4 Å². The van der Waals surface area contributed by atoms with Crippen molar-refractivity contribution in [2.45, 2.75) is 45.1 Å². The van der Waals surface area contributed by atoms with Crippen LogP contribution >= 0.6 is 0 Å². The van der Waals surface area contributed by atoms with Crippen LogP contribution in [0, 0.1) is 5.92 Å². The van der Waals surface area contributed by atoms with Crippen LogP contribution in [-0.4, -0.2) is 28.9 Å². The fourth-order valence-electron chi connectivity index (χ4n) is 1.76. The molecule has 1 aliphatic carbocycles. The Morgan fingerprint density at radius 2 is 1.90 bits per heavy atom. The first-order valence-corrected chi connectivity index (χ1v) is 6.80. The number of hydrogen-bond donors (Lipinski definition) is 0. The summed E-state index contributed by atoms with van der Waals surface area (Å²) in [4.78, 5) is 13.0. The highest BCUT2D eigenvalue weighted by Gasteiger charge is 2.49. The number of alkyl halides is 2. The topological polar surface area (TPSA) is 55.3 Å². The smallest absolute Gasteiger partial charge is 0.415 e. The van der Waals surface area contributed by atoms with Crippen LogP contribution in [0.15, 0.2) is 12.1 Å². The van der Waals surface area contributed by atoms with Crippen molar-refractivity contribution >= 4 is 11.9 Å². The molecule has 0 spiro atoms. The summed E-state index contributed by atoms with van der Waals surface area (Å²) in [6.07, 6.45) is 0.404. The highest BCUT2D eigenvalue weighted by Crippen LogP contribution is 2.48. The van der Waals surface area contributed by atoms with Gasteiger partial charge in [0.2, 0.25) is 0 Å². The summed E-state index contributed by atoms with van der Waals surface area (Å²) in [5.74, 6) is -3.42. The minimum absolute atomic E-state index is 0.166. The molecule has 1 aliphatic rings. The molecular weight excluding hydrogens is 280 g/mol. The van der Waals surface area contributed by atoms with E-state index in [1.54, 1.807) is 20.8 Å². The predicted octanol–water partition coefficient (Wildman–Crippen LogP) is 3.35. The van der Waals surface area contributed by atoms with Crippen LogP contribution < -0.4 is 4.90 Å². The summed E-state index contributed by atoms with van der Waals surface area (Å²) >= 11 is 0. The molecule has 1 aromatic rings. The summed E-state index contributed by atoms with van der Waals surface area (Å²) in [6, 6.07) is 2.56. The molecule has 0 saturated heterocycles. The second kappa shape index (κ2) is 5.20. The second-order valence-electron chi connectivity index (χ2n) is 6.21. The standard InChI is InChI=1S/C14H19F2N3O2/c1-13(2,3)21-12(20)19(4)11-8-7-10(17-18-11)14(15,16)9-5-6-9/h7-9H,5-6H2,1-4H3. The van der Waals surface area contributed by atoms with E-state index < -0.39 is 23.5 Å². The number of carbonyl (C=O) groups excluding carboxylic acids is 1. The van der Waals surface area contributed by atoms with Crippen molar-refractivity contribution in [2.24, 2.45) is 5.92 Å². The van der Waals surface area contributed by atoms with E-state index in [9.17, 15) is 13.6 Å². The number of hydrogen-bond acceptors (Lipinski definition) is 4. The lowest BCUT2D eigenvalue weighted by Crippen LogP contribution is -2.34. The fraction of sp³-hybridized carbons (Fsp3) is 0.643. The van der Waals surface area contributed by atoms with E-state index >= 15 is 0 Å². The van der Waals surface area contributed by atoms with Gasteiger partial charge in [-0.3, -0.25) is 4.90 Å². The summed E-state index contributed by atoms with van der Waals surface area (Å²) in [6.45, 7) is 5.22. The van der Waals surface area contributed by atoms with Crippen molar-refractivity contribution in [3.8, 4) is 0 Å². The van der Waals surface area contributed by atoms with Gasteiger partial charge in [0.25, 0.3) is 5.92 Å². The van der Waals surface area contributed by atoms with Crippen LogP contribution in [0.2, 0.25) is 0 Å². The summed E-state index contributed by atoms with van der Waals surface area (Å²) in [5.41, 5.74) is -0.996. The number of ether oxygens (including phenoxy) is 1.